The number of unbranched alkanes of at least 4 members (excludes halogenated alkanes) is 1. The number of nitrogens with one attached hydrogen (secondary N) is 1. The molecule has 7 heteroatoms. The van der Waals surface area contributed by atoms with Gasteiger partial charge in [0, 0.05) is 13.1 Å². The number of hydrogen-bond donors (Lipinski definition) is 2. The molecule has 0 fully saturated rings. The summed E-state index contributed by atoms with van der Waals surface area (Å²) in [4.78, 5) is 25.3. The van der Waals surface area contributed by atoms with E-state index < -0.39 is 23.4 Å². The predicted octanol–water partition coefficient (Wildman–Crippen LogP) is 3.22. The molecule has 0 heterocycles. The average Bonchev–Trinajstić information content (AvgIpc) is 2.37. The molecule has 0 rings (SSSR count). The summed E-state index contributed by atoms with van der Waals surface area (Å²) in [5.74, 6) is 0. The maximum atomic E-state index is 12.2. The third kappa shape index (κ3) is 11.1. The minimum absolute atomic E-state index is 0.376. The van der Waals surface area contributed by atoms with Crippen LogP contribution in [-0.4, -0.2) is 47.5 Å². The lowest BCUT2D eigenvalue weighted by molar-refractivity contribution is 0.0156. The van der Waals surface area contributed by atoms with E-state index in [0.29, 0.717) is 25.9 Å². The highest BCUT2D eigenvalue weighted by molar-refractivity contribution is 5.68. The van der Waals surface area contributed by atoms with Gasteiger partial charge >= 0.3 is 12.2 Å². The number of amides is 2. The third-order valence-corrected chi connectivity index (χ3v) is 2.94. The first-order chi connectivity index (χ1) is 10.9. The fourth-order valence-electron chi connectivity index (χ4n) is 1.85. The monoisotopic (exact) mass is 345 g/mol. The Morgan fingerprint density at radius 1 is 1.04 bits per heavy atom. The van der Waals surface area contributed by atoms with E-state index in [4.69, 9.17) is 15.2 Å². The van der Waals surface area contributed by atoms with Crippen LogP contribution < -0.4 is 11.1 Å². The molecule has 0 radical (unpaired) electrons. The highest BCUT2D eigenvalue weighted by Crippen LogP contribution is 2.12. The molecule has 3 N–H and O–H groups in total. The molecule has 0 aliphatic rings. The lowest BCUT2D eigenvalue weighted by Crippen LogP contribution is -2.48. The van der Waals surface area contributed by atoms with Gasteiger partial charge in [-0.2, -0.15) is 0 Å². The Bertz CT molecular complexity index is 400. The van der Waals surface area contributed by atoms with E-state index in [0.717, 1.165) is 6.42 Å². The van der Waals surface area contributed by atoms with Gasteiger partial charge in [-0.25, -0.2) is 9.59 Å². The molecule has 142 valence electrons. The van der Waals surface area contributed by atoms with Crippen molar-refractivity contribution in [3.05, 3.63) is 0 Å². The van der Waals surface area contributed by atoms with Crippen molar-refractivity contribution in [1.82, 2.24) is 10.2 Å². The summed E-state index contributed by atoms with van der Waals surface area (Å²) < 4.78 is 10.5. The third-order valence-electron chi connectivity index (χ3n) is 2.94. The predicted molar refractivity (Wildman–Crippen MR) is 94.7 cm³/mol. The van der Waals surface area contributed by atoms with Gasteiger partial charge < -0.3 is 20.5 Å². The summed E-state index contributed by atoms with van der Waals surface area (Å²) in [7, 11) is 0. The molecule has 0 bridgehead atoms. The minimum atomic E-state index is -0.554. The zero-order valence-corrected chi connectivity index (χ0v) is 16.3. The maximum Gasteiger partial charge on any atom is 0.411 e. The smallest absolute Gasteiger partial charge is 0.411 e. The standard InChI is InChI=1S/C17H35N3O4/c1-8-13(18)20(15(22)24-17(5,6)7)12-10-9-11-19-14(21)23-16(2,3)4/h13H,8-12,18H2,1-7H3,(H,19,21). The van der Waals surface area contributed by atoms with Gasteiger partial charge in [-0.15, -0.1) is 0 Å². The summed E-state index contributed by atoms with van der Waals surface area (Å²) in [6, 6.07) is 0. The molecule has 0 saturated carbocycles. The van der Waals surface area contributed by atoms with Gasteiger partial charge in [0.25, 0.3) is 0 Å². The molecule has 2 amide bonds. The van der Waals surface area contributed by atoms with Crippen molar-refractivity contribution in [2.45, 2.75) is 85.1 Å². The number of nitrogens with zero attached hydrogens (tertiary/aromatic N) is 1. The van der Waals surface area contributed by atoms with E-state index in [1.54, 1.807) is 4.90 Å². The van der Waals surface area contributed by atoms with Crippen LogP contribution in [0.2, 0.25) is 0 Å². The second kappa shape index (κ2) is 9.71. The first kappa shape index (κ1) is 22.5. The fraction of sp³-hybridized carbons (Fsp3) is 0.882. The number of carbonyl (C=O) groups is 2. The molecule has 0 aromatic carbocycles. The van der Waals surface area contributed by atoms with Gasteiger partial charge in [0.1, 0.15) is 11.2 Å². The molecule has 1 atom stereocenters. The lowest BCUT2D eigenvalue weighted by atomic mass is 10.2. The second-order valence-electron chi connectivity index (χ2n) is 7.79. The molecular formula is C17H35N3O4. The Hall–Kier alpha value is -1.50. The van der Waals surface area contributed by atoms with Crippen molar-refractivity contribution in [2.75, 3.05) is 13.1 Å². The van der Waals surface area contributed by atoms with Gasteiger partial charge in [-0.3, -0.25) is 4.90 Å². The van der Waals surface area contributed by atoms with E-state index in [9.17, 15) is 9.59 Å². The highest BCUT2D eigenvalue weighted by atomic mass is 16.6. The quantitative estimate of drug-likeness (QED) is 0.546. The van der Waals surface area contributed by atoms with E-state index in [2.05, 4.69) is 5.32 Å². The van der Waals surface area contributed by atoms with E-state index >= 15 is 0 Å². The lowest BCUT2D eigenvalue weighted by Gasteiger charge is -2.31. The number of hydrogen-bond acceptors (Lipinski definition) is 5. The van der Waals surface area contributed by atoms with Gasteiger partial charge in [0.05, 0.1) is 6.17 Å². The van der Waals surface area contributed by atoms with Crippen molar-refractivity contribution >= 4 is 12.2 Å². The molecule has 0 saturated heterocycles. The van der Waals surface area contributed by atoms with Crippen molar-refractivity contribution in [2.24, 2.45) is 5.73 Å². The average molecular weight is 345 g/mol. The summed E-state index contributed by atoms with van der Waals surface area (Å²) >= 11 is 0. The SMILES string of the molecule is CCC(N)N(CCCCNC(=O)OC(C)(C)C)C(=O)OC(C)(C)C. The zero-order chi connectivity index (χ0) is 19.0. The number of alkyl carbamates (subject to hydrolysis) is 1. The highest BCUT2D eigenvalue weighted by Gasteiger charge is 2.25. The molecule has 0 spiro atoms. The molecule has 24 heavy (non-hydrogen) atoms. The normalized spacial score (nSPS) is 13.2. The Morgan fingerprint density at radius 2 is 1.58 bits per heavy atom. The molecule has 0 aliphatic carbocycles. The van der Waals surface area contributed by atoms with Gasteiger partial charge in [-0.1, -0.05) is 6.92 Å². The van der Waals surface area contributed by atoms with Crippen LogP contribution in [-0.2, 0) is 9.47 Å². The molecule has 1 unspecified atom stereocenters. The van der Waals surface area contributed by atoms with Crippen molar-refractivity contribution in [3.63, 3.8) is 0 Å². The van der Waals surface area contributed by atoms with E-state index in [1.165, 1.54) is 0 Å². The van der Waals surface area contributed by atoms with Crippen molar-refractivity contribution in [1.29, 1.82) is 0 Å². The Labute approximate surface area is 146 Å². The van der Waals surface area contributed by atoms with Crippen LogP contribution in [0.15, 0.2) is 0 Å². The molecule has 7 nitrogen and oxygen atoms in total. The van der Waals surface area contributed by atoms with Crippen LogP contribution in [0, 0.1) is 0 Å². The Balaban J connectivity index is 4.25. The number of ether oxygens (including phenoxy) is 2. The fourth-order valence-corrected chi connectivity index (χ4v) is 1.85. The van der Waals surface area contributed by atoms with Crippen molar-refractivity contribution in [3.8, 4) is 0 Å². The van der Waals surface area contributed by atoms with E-state index in [-0.39, 0.29) is 6.17 Å². The number of nitrogens with two attached hydrogens (primary N) is 1. The summed E-state index contributed by atoms with van der Waals surface area (Å²) in [6.45, 7) is 13.8. The van der Waals surface area contributed by atoms with Gasteiger partial charge in [0.15, 0.2) is 0 Å². The van der Waals surface area contributed by atoms with Crippen molar-refractivity contribution < 1.29 is 19.1 Å². The van der Waals surface area contributed by atoms with Crippen LogP contribution in [0.25, 0.3) is 0 Å². The molecule has 0 aliphatic heterocycles. The van der Waals surface area contributed by atoms with Crippen LogP contribution in [0.4, 0.5) is 9.59 Å². The second-order valence-corrected chi connectivity index (χ2v) is 7.79. The largest absolute Gasteiger partial charge is 0.444 e. The van der Waals surface area contributed by atoms with Crippen LogP contribution in [0.1, 0.15) is 67.7 Å². The maximum absolute atomic E-state index is 12.2. The molecule has 0 aromatic heterocycles. The Morgan fingerprint density at radius 3 is 2.04 bits per heavy atom. The number of carbonyl (C=O) groups excluding carboxylic acids is 2. The molecule has 0 aromatic rings. The summed E-state index contributed by atoms with van der Waals surface area (Å²) in [5, 5.41) is 2.70. The Kier molecular flexibility index (Phi) is 9.11. The van der Waals surface area contributed by atoms with E-state index in [1.807, 2.05) is 48.5 Å². The summed E-state index contributed by atoms with van der Waals surface area (Å²) in [5.41, 5.74) is 4.94. The van der Waals surface area contributed by atoms with Crippen LogP contribution in [0.3, 0.4) is 0 Å². The summed E-state index contributed by atoms with van der Waals surface area (Å²) in [6.07, 6.45) is 0.861. The minimum Gasteiger partial charge on any atom is -0.444 e. The first-order valence-electron chi connectivity index (χ1n) is 8.58. The van der Waals surface area contributed by atoms with Gasteiger partial charge in [0.2, 0.25) is 0 Å². The number of rotatable bonds is 7. The van der Waals surface area contributed by atoms with Crippen LogP contribution >= 0.6 is 0 Å². The topological polar surface area (TPSA) is 93.9 Å². The zero-order valence-electron chi connectivity index (χ0n) is 16.3. The first-order valence-corrected chi connectivity index (χ1v) is 8.58. The van der Waals surface area contributed by atoms with Gasteiger partial charge in [-0.05, 0) is 60.8 Å². The van der Waals surface area contributed by atoms with Crippen LogP contribution in [0.5, 0.6) is 0 Å². The molecular weight excluding hydrogens is 310 g/mol.